The van der Waals surface area contributed by atoms with Crippen LogP contribution in [0.4, 0.5) is 23.4 Å². The quantitative estimate of drug-likeness (QED) is 0.465. The number of anilines is 1. The Morgan fingerprint density at radius 1 is 1.33 bits per heavy atom. The lowest BCUT2D eigenvalue weighted by Crippen LogP contribution is -2.15. The zero-order chi connectivity index (χ0) is 21.2. The topological polar surface area (TPSA) is 88.0 Å². The number of aromatic amines is 1. The standard InChI is InChI=1S/C18H11ClF4N6O/c19-14-12(7-2-25-28-16(7)13(15(14)21)17(22)23)9-4-29-5-10(26-11(29)3-24-9)27-18(30)6-1-8(6)20/h2-6,8,17H,1H2,(H,25,28)(H,27,30)/t6-,8+/m1/s1. The molecule has 0 bridgehead atoms. The lowest BCUT2D eigenvalue weighted by atomic mass is 10.0. The highest BCUT2D eigenvalue weighted by Gasteiger charge is 2.43. The molecule has 12 heteroatoms. The van der Waals surface area contributed by atoms with Gasteiger partial charge in [-0.15, -0.1) is 0 Å². The van der Waals surface area contributed by atoms with Crippen LogP contribution in [0.25, 0.3) is 27.8 Å². The minimum Gasteiger partial charge on any atom is -0.309 e. The van der Waals surface area contributed by atoms with Crippen LogP contribution in [-0.2, 0) is 4.79 Å². The Morgan fingerprint density at radius 3 is 2.80 bits per heavy atom. The summed E-state index contributed by atoms with van der Waals surface area (Å²) in [5, 5.41) is 8.30. The first kappa shape index (κ1) is 18.8. The molecule has 1 aromatic carbocycles. The molecule has 7 nitrogen and oxygen atoms in total. The number of carbonyl (C=O) groups is 1. The molecule has 1 saturated carbocycles. The molecule has 4 aromatic rings. The molecule has 0 aliphatic heterocycles. The number of nitrogens with zero attached hydrogens (tertiary/aromatic N) is 4. The summed E-state index contributed by atoms with van der Waals surface area (Å²) in [5.74, 6) is -2.21. The Morgan fingerprint density at radius 2 is 2.10 bits per heavy atom. The summed E-state index contributed by atoms with van der Waals surface area (Å²) >= 11 is 6.09. The molecule has 3 heterocycles. The van der Waals surface area contributed by atoms with Crippen LogP contribution in [0.3, 0.4) is 0 Å². The van der Waals surface area contributed by atoms with Gasteiger partial charge in [-0.05, 0) is 6.42 Å². The van der Waals surface area contributed by atoms with Crippen LogP contribution < -0.4 is 5.32 Å². The summed E-state index contributed by atoms with van der Waals surface area (Å²) in [6, 6.07) is 0. The van der Waals surface area contributed by atoms with E-state index in [1.807, 2.05) is 0 Å². The van der Waals surface area contributed by atoms with Gasteiger partial charge in [0.05, 0.1) is 46.3 Å². The second-order valence-corrected chi connectivity index (χ2v) is 7.27. The number of alkyl halides is 3. The van der Waals surface area contributed by atoms with Crippen molar-refractivity contribution in [1.29, 1.82) is 0 Å². The maximum Gasteiger partial charge on any atom is 0.268 e. The summed E-state index contributed by atoms with van der Waals surface area (Å²) in [4.78, 5) is 20.3. The molecule has 1 aliphatic carbocycles. The molecule has 5 rings (SSSR count). The Hall–Kier alpha value is -3.21. The van der Waals surface area contributed by atoms with Crippen LogP contribution in [0.2, 0.25) is 5.02 Å². The Labute approximate surface area is 170 Å². The van der Waals surface area contributed by atoms with E-state index < -0.39 is 40.8 Å². The van der Waals surface area contributed by atoms with Gasteiger partial charge in [0, 0.05) is 17.1 Å². The summed E-state index contributed by atoms with van der Waals surface area (Å²) in [6.07, 6.45) is 1.49. The number of aromatic nitrogens is 5. The monoisotopic (exact) mass is 438 g/mol. The van der Waals surface area contributed by atoms with Crippen LogP contribution in [-0.4, -0.2) is 36.6 Å². The number of H-pyrrole nitrogens is 1. The van der Waals surface area contributed by atoms with Crippen LogP contribution in [0, 0.1) is 11.7 Å². The third kappa shape index (κ3) is 2.88. The van der Waals surface area contributed by atoms with Gasteiger partial charge in [-0.1, -0.05) is 11.6 Å². The molecule has 0 radical (unpaired) electrons. The third-order valence-corrected chi connectivity index (χ3v) is 5.30. The van der Waals surface area contributed by atoms with Crippen molar-refractivity contribution in [2.24, 2.45) is 5.92 Å². The molecule has 1 aliphatic rings. The van der Waals surface area contributed by atoms with Crippen molar-refractivity contribution in [3.63, 3.8) is 0 Å². The number of nitrogens with one attached hydrogen (secondary N) is 2. The fraction of sp³-hybridized carbons (Fsp3) is 0.222. The Balaban J connectivity index is 1.59. The van der Waals surface area contributed by atoms with Gasteiger partial charge in [-0.2, -0.15) is 5.10 Å². The number of fused-ring (bicyclic) bond motifs is 2. The van der Waals surface area contributed by atoms with Crippen molar-refractivity contribution in [3.05, 3.63) is 41.2 Å². The van der Waals surface area contributed by atoms with Gasteiger partial charge in [0.15, 0.2) is 17.3 Å². The van der Waals surface area contributed by atoms with Crippen molar-refractivity contribution in [2.45, 2.75) is 19.0 Å². The fourth-order valence-corrected chi connectivity index (χ4v) is 3.64. The van der Waals surface area contributed by atoms with Gasteiger partial charge in [-0.25, -0.2) is 22.5 Å². The van der Waals surface area contributed by atoms with Crippen LogP contribution in [0.1, 0.15) is 18.4 Å². The maximum absolute atomic E-state index is 14.6. The third-order valence-electron chi connectivity index (χ3n) is 4.94. The Kier molecular flexibility index (Phi) is 4.17. The van der Waals surface area contributed by atoms with Crippen molar-refractivity contribution < 1.29 is 22.4 Å². The number of imidazole rings is 1. The summed E-state index contributed by atoms with van der Waals surface area (Å²) < 4.78 is 55.8. The SMILES string of the molecule is O=C(Nc1cn2cc(-c3c(Cl)c(F)c(C(F)F)c4[nH]ncc34)ncc2n1)[C@@H]1C[C@@H]1F. The number of rotatable bonds is 4. The van der Waals surface area contributed by atoms with Gasteiger partial charge in [0.2, 0.25) is 5.91 Å². The average Bonchev–Trinajstić information content (AvgIpc) is 3.08. The fourth-order valence-electron chi connectivity index (χ4n) is 3.34. The number of carbonyl (C=O) groups excluding carboxylic acids is 1. The smallest absolute Gasteiger partial charge is 0.268 e. The normalized spacial score (nSPS) is 18.5. The first-order chi connectivity index (χ1) is 14.3. The predicted octanol–water partition coefficient (Wildman–Crippen LogP) is 4.30. The lowest BCUT2D eigenvalue weighted by molar-refractivity contribution is -0.117. The minimum absolute atomic E-state index is 0.0850. The largest absolute Gasteiger partial charge is 0.309 e. The number of amides is 1. The minimum atomic E-state index is -3.09. The molecule has 0 spiro atoms. The number of hydrogen-bond acceptors (Lipinski definition) is 4. The highest BCUT2D eigenvalue weighted by Crippen LogP contribution is 2.41. The van der Waals surface area contributed by atoms with Crippen LogP contribution in [0.15, 0.2) is 24.8 Å². The van der Waals surface area contributed by atoms with E-state index in [0.29, 0.717) is 5.65 Å². The number of halogens is 5. The summed E-state index contributed by atoms with van der Waals surface area (Å²) in [6.45, 7) is 0. The number of benzene rings is 1. The van der Waals surface area contributed by atoms with E-state index in [1.54, 1.807) is 0 Å². The number of hydrogen-bond donors (Lipinski definition) is 2. The van der Waals surface area contributed by atoms with Crippen LogP contribution in [0.5, 0.6) is 0 Å². The molecular weight excluding hydrogens is 428 g/mol. The van der Waals surface area contributed by atoms with E-state index in [-0.39, 0.29) is 34.4 Å². The molecule has 154 valence electrons. The molecule has 0 unspecified atom stereocenters. The molecule has 1 amide bonds. The van der Waals surface area contributed by atoms with E-state index in [9.17, 15) is 22.4 Å². The summed E-state index contributed by atoms with van der Waals surface area (Å²) in [5.41, 5.74) is -0.420. The van der Waals surface area contributed by atoms with Gasteiger partial charge in [-0.3, -0.25) is 14.9 Å². The Bertz CT molecular complexity index is 1320. The van der Waals surface area contributed by atoms with Crippen molar-refractivity contribution in [3.8, 4) is 11.3 Å². The van der Waals surface area contributed by atoms with Gasteiger partial charge in [0.1, 0.15) is 6.17 Å². The van der Waals surface area contributed by atoms with E-state index in [1.165, 1.54) is 29.2 Å². The van der Waals surface area contributed by atoms with Gasteiger partial charge < -0.3 is 9.72 Å². The van der Waals surface area contributed by atoms with E-state index in [2.05, 4.69) is 25.5 Å². The average molecular weight is 439 g/mol. The molecular formula is C18H11ClF4N6O. The van der Waals surface area contributed by atoms with Crippen LogP contribution >= 0.6 is 11.6 Å². The first-order valence-corrected chi connectivity index (χ1v) is 9.15. The predicted molar refractivity (Wildman–Crippen MR) is 99.6 cm³/mol. The molecule has 30 heavy (non-hydrogen) atoms. The zero-order valence-electron chi connectivity index (χ0n) is 14.8. The summed E-state index contributed by atoms with van der Waals surface area (Å²) in [7, 11) is 0. The molecule has 0 saturated heterocycles. The molecule has 2 atom stereocenters. The van der Waals surface area contributed by atoms with E-state index >= 15 is 0 Å². The second-order valence-electron chi connectivity index (χ2n) is 6.89. The molecule has 1 fully saturated rings. The van der Waals surface area contributed by atoms with Crippen molar-refractivity contribution in [1.82, 2.24) is 24.6 Å². The van der Waals surface area contributed by atoms with Crippen molar-refractivity contribution >= 4 is 39.9 Å². The highest BCUT2D eigenvalue weighted by atomic mass is 35.5. The molecule has 2 N–H and O–H groups in total. The van der Waals surface area contributed by atoms with E-state index in [0.717, 1.165) is 0 Å². The zero-order valence-corrected chi connectivity index (χ0v) is 15.6. The van der Waals surface area contributed by atoms with Gasteiger partial charge in [0.25, 0.3) is 6.43 Å². The maximum atomic E-state index is 14.6. The van der Waals surface area contributed by atoms with Crippen molar-refractivity contribution in [2.75, 3.05) is 5.32 Å². The molecule has 3 aromatic heterocycles. The lowest BCUT2D eigenvalue weighted by Gasteiger charge is -2.11. The van der Waals surface area contributed by atoms with E-state index in [4.69, 9.17) is 11.6 Å². The van der Waals surface area contributed by atoms with Gasteiger partial charge >= 0.3 is 0 Å². The first-order valence-electron chi connectivity index (χ1n) is 8.77. The second kappa shape index (κ2) is 6.66. The highest BCUT2D eigenvalue weighted by molar-refractivity contribution is 6.35.